The maximum Gasteiger partial charge on any atom is 0.404 e. The van der Waals surface area contributed by atoms with E-state index in [0.29, 0.717) is 18.4 Å². The molecule has 1 amide bonds. The fourth-order valence-corrected chi connectivity index (χ4v) is 3.10. The van der Waals surface area contributed by atoms with Gasteiger partial charge in [0.05, 0.1) is 5.69 Å². The zero-order chi connectivity index (χ0) is 17.2. The lowest BCUT2D eigenvalue weighted by molar-refractivity contribution is 0.191. The summed E-state index contributed by atoms with van der Waals surface area (Å²) < 4.78 is 0. The van der Waals surface area contributed by atoms with Crippen molar-refractivity contribution in [2.75, 3.05) is 24.5 Å². The van der Waals surface area contributed by atoms with Gasteiger partial charge < -0.3 is 15.3 Å². The Kier molecular flexibility index (Phi) is 3.93. The van der Waals surface area contributed by atoms with Crippen LogP contribution in [0.4, 0.5) is 10.7 Å². The van der Waals surface area contributed by atoms with Crippen LogP contribution < -0.4 is 10.2 Å². The molecule has 2 N–H and O–H groups in total. The first-order valence-electron chi connectivity index (χ1n) is 8.23. The van der Waals surface area contributed by atoms with Crippen molar-refractivity contribution >= 4 is 22.8 Å². The molecule has 0 unspecified atom stereocenters. The molecule has 1 aliphatic rings. The smallest absolute Gasteiger partial charge is 0.404 e. The third-order valence-electron chi connectivity index (χ3n) is 4.47. The minimum Gasteiger partial charge on any atom is -0.465 e. The third-order valence-corrected chi connectivity index (χ3v) is 4.47. The molecule has 0 saturated carbocycles. The largest absolute Gasteiger partial charge is 0.465 e. The summed E-state index contributed by atoms with van der Waals surface area (Å²) in [7, 11) is 0. The number of hydrogen-bond donors (Lipinski definition) is 2. The molecule has 1 fully saturated rings. The van der Waals surface area contributed by atoms with Crippen molar-refractivity contribution in [2.24, 2.45) is 5.92 Å². The van der Waals surface area contributed by atoms with Crippen LogP contribution in [0.15, 0.2) is 54.7 Å². The van der Waals surface area contributed by atoms with Crippen molar-refractivity contribution in [3.05, 3.63) is 54.7 Å². The Morgan fingerprint density at radius 2 is 1.96 bits per heavy atom. The van der Waals surface area contributed by atoms with Gasteiger partial charge >= 0.3 is 6.09 Å². The Morgan fingerprint density at radius 3 is 2.76 bits per heavy atom. The molecule has 1 aliphatic heterocycles. The van der Waals surface area contributed by atoms with Crippen LogP contribution >= 0.6 is 0 Å². The molecule has 0 spiro atoms. The molecule has 6 nitrogen and oxygen atoms in total. The second kappa shape index (κ2) is 6.39. The first-order valence-corrected chi connectivity index (χ1v) is 8.23. The first kappa shape index (κ1) is 15.4. The van der Waals surface area contributed by atoms with Crippen LogP contribution in [0.25, 0.3) is 22.0 Å². The van der Waals surface area contributed by atoms with Gasteiger partial charge in [0.15, 0.2) is 0 Å². The van der Waals surface area contributed by atoms with E-state index in [2.05, 4.69) is 50.5 Å². The fraction of sp³-hybridized carbons (Fsp3) is 0.211. The molecule has 2 heterocycles. The number of hydrogen-bond acceptors (Lipinski definition) is 4. The maximum atomic E-state index is 10.5. The summed E-state index contributed by atoms with van der Waals surface area (Å²) in [5, 5.41) is 13.5. The summed E-state index contributed by atoms with van der Waals surface area (Å²) in [4.78, 5) is 21.6. The topological polar surface area (TPSA) is 78.4 Å². The monoisotopic (exact) mass is 334 g/mol. The highest BCUT2D eigenvalue weighted by molar-refractivity contribution is 5.86. The Bertz CT molecular complexity index is 922. The van der Waals surface area contributed by atoms with E-state index in [0.717, 1.165) is 24.3 Å². The lowest BCUT2D eigenvalue weighted by Gasteiger charge is -2.39. The van der Waals surface area contributed by atoms with E-state index in [9.17, 15) is 4.79 Å². The highest BCUT2D eigenvalue weighted by atomic mass is 16.4. The summed E-state index contributed by atoms with van der Waals surface area (Å²) >= 11 is 0. The Labute approximate surface area is 145 Å². The normalized spacial score (nSPS) is 14.3. The molecule has 6 heteroatoms. The second-order valence-corrected chi connectivity index (χ2v) is 6.26. The van der Waals surface area contributed by atoms with Gasteiger partial charge in [-0.2, -0.15) is 0 Å². The zero-order valence-electron chi connectivity index (χ0n) is 13.6. The minimum absolute atomic E-state index is 0.309. The highest BCUT2D eigenvalue weighted by Crippen LogP contribution is 2.26. The van der Waals surface area contributed by atoms with Crippen LogP contribution in [0.5, 0.6) is 0 Å². The summed E-state index contributed by atoms with van der Waals surface area (Å²) in [5.74, 6) is 1.00. The standard InChI is InChI=1S/C19H18N4O2/c24-19(25)21-10-13-11-23(12-13)18-20-8-7-17(22-18)16-6-5-14-3-1-2-4-15(14)9-16/h1-9,13,21H,10-12H2,(H,24,25). The van der Waals surface area contributed by atoms with Crippen molar-refractivity contribution in [1.29, 1.82) is 0 Å². The van der Waals surface area contributed by atoms with Crippen LogP contribution in [0.3, 0.4) is 0 Å². The molecular formula is C19H18N4O2. The van der Waals surface area contributed by atoms with E-state index in [-0.39, 0.29) is 0 Å². The average molecular weight is 334 g/mol. The van der Waals surface area contributed by atoms with Gasteiger partial charge in [0.1, 0.15) is 0 Å². The number of benzene rings is 2. The maximum absolute atomic E-state index is 10.5. The number of carbonyl (C=O) groups is 1. The Balaban J connectivity index is 1.51. The van der Waals surface area contributed by atoms with Gasteiger partial charge in [0.2, 0.25) is 5.95 Å². The van der Waals surface area contributed by atoms with Crippen LogP contribution in [-0.2, 0) is 0 Å². The molecular weight excluding hydrogens is 316 g/mol. The molecule has 0 aliphatic carbocycles. The minimum atomic E-state index is -0.979. The van der Waals surface area contributed by atoms with E-state index in [1.807, 2.05) is 18.2 Å². The van der Waals surface area contributed by atoms with E-state index in [1.54, 1.807) is 6.20 Å². The van der Waals surface area contributed by atoms with Gasteiger partial charge in [0.25, 0.3) is 0 Å². The van der Waals surface area contributed by atoms with Gasteiger partial charge in [-0.05, 0) is 22.9 Å². The SMILES string of the molecule is O=C(O)NCC1CN(c2nccc(-c3ccc4ccccc4c3)n2)C1. The third kappa shape index (κ3) is 3.24. The molecule has 2 aromatic carbocycles. The number of anilines is 1. The molecule has 3 aromatic rings. The summed E-state index contributed by atoms with van der Waals surface area (Å²) in [5.41, 5.74) is 1.95. The average Bonchev–Trinajstić information content (AvgIpc) is 2.60. The fourth-order valence-electron chi connectivity index (χ4n) is 3.10. The van der Waals surface area contributed by atoms with E-state index < -0.39 is 6.09 Å². The van der Waals surface area contributed by atoms with Crippen LogP contribution in [-0.4, -0.2) is 40.8 Å². The Hall–Kier alpha value is -3.15. The van der Waals surface area contributed by atoms with E-state index >= 15 is 0 Å². The molecule has 1 saturated heterocycles. The first-order chi connectivity index (χ1) is 12.2. The number of nitrogens with one attached hydrogen (secondary N) is 1. The van der Waals surface area contributed by atoms with Gasteiger partial charge in [-0.25, -0.2) is 14.8 Å². The predicted molar refractivity (Wildman–Crippen MR) is 96.7 cm³/mol. The molecule has 0 radical (unpaired) electrons. The van der Waals surface area contributed by atoms with Crippen LogP contribution in [0, 0.1) is 5.92 Å². The van der Waals surface area contributed by atoms with Crippen molar-refractivity contribution < 1.29 is 9.90 Å². The molecule has 0 bridgehead atoms. The van der Waals surface area contributed by atoms with Gasteiger partial charge in [-0.3, -0.25) is 0 Å². The highest BCUT2D eigenvalue weighted by Gasteiger charge is 2.29. The van der Waals surface area contributed by atoms with Crippen molar-refractivity contribution in [3.8, 4) is 11.3 Å². The molecule has 126 valence electrons. The Morgan fingerprint density at radius 1 is 1.16 bits per heavy atom. The van der Waals surface area contributed by atoms with E-state index in [1.165, 1.54) is 10.8 Å². The molecule has 1 aromatic heterocycles. The lowest BCUT2D eigenvalue weighted by Crippen LogP contribution is -2.52. The number of nitrogens with zero attached hydrogens (tertiary/aromatic N) is 3. The number of aromatic nitrogens is 2. The molecule has 25 heavy (non-hydrogen) atoms. The molecule has 4 rings (SSSR count). The lowest BCUT2D eigenvalue weighted by atomic mass is 10.0. The summed E-state index contributed by atoms with van der Waals surface area (Å²) in [6.45, 7) is 2.00. The molecule has 0 atom stereocenters. The quantitative estimate of drug-likeness (QED) is 0.767. The van der Waals surface area contributed by atoms with Gasteiger partial charge in [-0.1, -0.05) is 36.4 Å². The zero-order valence-corrected chi connectivity index (χ0v) is 13.6. The number of fused-ring (bicyclic) bond motifs is 1. The second-order valence-electron chi connectivity index (χ2n) is 6.26. The van der Waals surface area contributed by atoms with Crippen LogP contribution in [0.1, 0.15) is 0 Å². The van der Waals surface area contributed by atoms with Gasteiger partial charge in [-0.15, -0.1) is 0 Å². The van der Waals surface area contributed by atoms with Gasteiger partial charge in [0, 0.05) is 37.3 Å². The number of amides is 1. The van der Waals surface area contributed by atoms with Crippen molar-refractivity contribution in [1.82, 2.24) is 15.3 Å². The summed E-state index contributed by atoms with van der Waals surface area (Å²) in [6.07, 6.45) is 0.795. The number of carboxylic acid groups (broad SMARTS) is 1. The van der Waals surface area contributed by atoms with E-state index in [4.69, 9.17) is 5.11 Å². The summed E-state index contributed by atoms with van der Waals surface area (Å²) in [6, 6.07) is 16.5. The predicted octanol–water partition coefficient (Wildman–Crippen LogP) is 3.00. The number of rotatable bonds is 4. The van der Waals surface area contributed by atoms with Crippen molar-refractivity contribution in [3.63, 3.8) is 0 Å². The van der Waals surface area contributed by atoms with Crippen molar-refractivity contribution in [2.45, 2.75) is 0 Å². The van der Waals surface area contributed by atoms with Crippen LogP contribution in [0.2, 0.25) is 0 Å².